The van der Waals surface area contributed by atoms with Crippen LogP contribution in [-0.4, -0.2) is 9.22 Å². The smallest absolute Gasteiger partial charge is 0.338 e. The molecule has 0 bridgehead atoms. The maximum atomic E-state index is 10.9. The molecule has 0 aliphatic heterocycles. The van der Waals surface area contributed by atoms with Crippen molar-refractivity contribution >= 4 is 74.8 Å². The first-order valence-electron chi connectivity index (χ1n) is 3.66. The Bertz CT molecular complexity index is 425. The highest BCUT2D eigenvalue weighted by Crippen LogP contribution is 2.39. The molecule has 16 heavy (non-hydrogen) atoms. The fourth-order valence-electron chi connectivity index (χ4n) is 0.887. The summed E-state index contributed by atoms with van der Waals surface area (Å²) < 4.78 is 2.90. The molecule has 0 N–H and O–H groups in total. The normalized spacial score (nSPS) is 11.4. The highest BCUT2D eigenvalue weighted by molar-refractivity contribution is 6.69. The molecule has 0 unspecified atom stereocenters. The van der Waals surface area contributed by atoms with E-state index in [-0.39, 0.29) is 21.4 Å². The van der Waals surface area contributed by atoms with Crippen LogP contribution >= 0.6 is 69.6 Å². The van der Waals surface area contributed by atoms with Gasteiger partial charge in [0.25, 0.3) is 5.24 Å². The first kappa shape index (κ1) is 14.5. The van der Waals surface area contributed by atoms with Crippen LogP contribution in [0, 0.1) is 0 Å². The molecule has 8 heteroatoms. The number of hydrogen-bond donors (Lipinski definition) is 0. The van der Waals surface area contributed by atoms with Gasteiger partial charge in [-0.1, -0.05) is 23.2 Å². The molecule has 88 valence electrons. The SMILES string of the molecule is O=C(Cl)c1ccc(OC(Cl)(Cl)Cl)c(Cl)c1Cl. The summed E-state index contributed by atoms with van der Waals surface area (Å²) in [7, 11) is 0. The second-order valence-electron chi connectivity index (χ2n) is 2.56. The van der Waals surface area contributed by atoms with E-state index < -0.39 is 9.22 Å². The van der Waals surface area contributed by atoms with Crippen LogP contribution in [0.3, 0.4) is 0 Å². The molecule has 0 aliphatic carbocycles. The van der Waals surface area contributed by atoms with Gasteiger partial charge in [-0.15, -0.1) is 0 Å². The van der Waals surface area contributed by atoms with Crippen molar-refractivity contribution in [1.82, 2.24) is 0 Å². The van der Waals surface area contributed by atoms with Crippen molar-refractivity contribution in [3.05, 3.63) is 27.7 Å². The van der Waals surface area contributed by atoms with E-state index in [2.05, 4.69) is 0 Å². The molecule has 0 radical (unpaired) electrons. The van der Waals surface area contributed by atoms with E-state index in [1.165, 1.54) is 12.1 Å². The van der Waals surface area contributed by atoms with Crippen LogP contribution in [0.15, 0.2) is 12.1 Å². The molecule has 0 spiro atoms. The van der Waals surface area contributed by atoms with Gasteiger partial charge in [-0.05, 0) is 58.5 Å². The molecule has 0 fully saturated rings. The Morgan fingerprint density at radius 1 is 1.12 bits per heavy atom. The van der Waals surface area contributed by atoms with Crippen molar-refractivity contribution in [1.29, 1.82) is 0 Å². The first-order valence-corrected chi connectivity index (χ1v) is 5.92. The van der Waals surface area contributed by atoms with E-state index in [0.717, 1.165) is 0 Å². The van der Waals surface area contributed by atoms with Crippen LogP contribution < -0.4 is 4.74 Å². The van der Waals surface area contributed by atoms with Crippen LogP contribution in [0.4, 0.5) is 0 Å². The number of halogens is 6. The Labute approximate surface area is 121 Å². The molecule has 0 heterocycles. The molecule has 0 saturated heterocycles. The molecule has 0 aliphatic rings. The van der Waals surface area contributed by atoms with Crippen molar-refractivity contribution in [2.75, 3.05) is 0 Å². The van der Waals surface area contributed by atoms with Crippen LogP contribution in [0.25, 0.3) is 0 Å². The molecular weight excluding hydrogens is 341 g/mol. The highest BCUT2D eigenvalue weighted by atomic mass is 35.6. The molecule has 0 saturated carbocycles. The predicted octanol–water partition coefficient (Wildman–Crippen LogP) is 5.08. The lowest BCUT2D eigenvalue weighted by Crippen LogP contribution is -2.13. The second kappa shape index (κ2) is 5.38. The minimum atomic E-state index is -1.97. The van der Waals surface area contributed by atoms with Gasteiger partial charge in [-0.2, -0.15) is 0 Å². The molecule has 1 aromatic carbocycles. The quantitative estimate of drug-likeness (QED) is 0.553. The van der Waals surface area contributed by atoms with E-state index in [1.807, 2.05) is 0 Å². The number of rotatable bonds is 2. The van der Waals surface area contributed by atoms with E-state index in [0.29, 0.717) is 0 Å². The summed E-state index contributed by atoms with van der Waals surface area (Å²) in [5.41, 5.74) is 0.0463. The fraction of sp³-hybridized carbons (Fsp3) is 0.125. The summed E-state index contributed by atoms with van der Waals surface area (Å²) in [6.07, 6.45) is 0. The highest BCUT2D eigenvalue weighted by Gasteiger charge is 2.25. The van der Waals surface area contributed by atoms with Crippen molar-refractivity contribution < 1.29 is 9.53 Å². The zero-order valence-electron chi connectivity index (χ0n) is 7.24. The largest absolute Gasteiger partial charge is 0.444 e. The molecule has 0 amide bonds. The van der Waals surface area contributed by atoms with E-state index in [1.54, 1.807) is 0 Å². The minimum absolute atomic E-state index is 0.0355. The number of carbonyl (C=O) groups is 1. The topological polar surface area (TPSA) is 26.3 Å². The number of alkyl halides is 3. The van der Waals surface area contributed by atoms with E-state index >= 15 is 0 Å². The predicted molar refractivity (Wildman–Crippen MR) is 67.6 cm³/mol. The Morgan fingerprint density at radius 3 is 2.12 bits per heavy atom. The summed E-state index contributed by atoms with van der Waals surface area (Å²) in [4.78, 5) is 10.9. The maximum absolute atomic E-state index is 10.9. The Kier molecular flexibility index (Phi) is 4.88. The average Bonchev–Trinajstić information content (AvgIpc) is 2.10. The monoisotopic (exact) mass is 340 g/mol. The van der Waals surface area contributed by atoms with Crippen molar-refractivity contribution in [3.63, 3.8) is 0 Å². The van der Waals surface area contributed by atoms with Gasteiger partial charge in [0.1, 0.15) is 10.8 Å². The van der Waals surface area contributed by atoms with Gasteiger partial charge in [-0.25, -0.2) is 0 Å². The van der Waals surface area contributed by atoms with Gasteiger partial charge in [0.2, 0.25) is 0 Å². The summed E-state index contributed by atoms with van der Waals surface area (Å²) in [6, 6.07) is 2.64. The van der Waals surface area contributed by atoms with Gasteiger partial charge in [0.15, 0.2) is 0 Å². The van der Waals surface area contributed by atoms with Crippen molar-refractivity contribution in [2.24, 2.45) is 0 Å². The first-order chi connectivity index (χ1) is 7.22. The number of benzene rings is 1. The zero-order valence-corrected chi connectivity index (χ0v) is 11.8. The molecule has 1 aromatic rings. The summed E-state index contributed by atoms with van der Waals surface area (Å²) in [5.74, 6) is 0.0355. The third-order valence-corrected chi connectivity index (χ3v) is 2.78. The van der Waals surface area contributed by atoms with Crippen molar-refractivity contribution in [2.45, 2.75) is 3.98 Å². The lowest BCUT2D eigenvalue weighted by Gasteiger charge is -2.15. The molecule has 0 aromatic heterocycles. The van der Waals surface area contributed by atoms with Gasteiger partial charge in [0.05, 0.1) is 10.6 Å². The number of carbonyl (C=O) groups excluding carboxylic acids is 1. The number of hydrogen-bond acceptors (Lipinski definition) is 2. The zero-order chi connectivity index (χ0) is 12.5. The van der Waals surface area contributed by atoms with E-state index in [4.69, 9.17) is 74.3 Å². The standard InChI is InChI=1S/C8H2Cl6O2/c9-5-3(7(11)15)1-2-4(6(5)10)16-8(12,13)14/h1-2H. The Morgan fingerprint density at radius 2 is 1.69 bits per heavy atom. The Hall–Kier alpha value is 0.430. The van der Waals surface area contributed by atoms with E-state index in [9.17, 15) is 4.79 Å². The second-order valence-corrected chi connectivity index (χ2v) is 5.84. The van der Waals surface area contributed by atoms with Gasteiger partial charge in [0, 0.05) is 0 Å². The summed E-state index contributed by atoms with van der Waals surface area (Å²) >= 11 is 33.1. The fourth-order valence-corrected chi connectivity index (χ4v) is 1.79. The molecule has 0 atom stereocenters. The van der Waals surface area contributed by atoms with Crippen LogP contribution in [-0.2, 0) is 0 Å². The van der Waals surface area contributed by atoms with Gasteiger partial charge >= 0.3 is 3.98 Å². The van der Waals surface area contributed by atoms with Crippen molar-refractivity contribution in [3.8, 4) is 5.75 Å². The number of ether oxygens (including phenoxy) is 1. The third kappa shape index (κ3) is 3.73. The van der Waals surface area contributed by atoms with Crippen LogP contribution in [0.1, 0.15) is 10.4 Å². The third-order valence-electron chi connectivity index (χ3n) is 1.48. The Balaban J connectivity index is 3.17. The van der Waals surface area contributed by atoms with Crippen LogP contribution in [0.5, 0.6) is 5.75 Å². The summed E-state index contributed by atoms with van der Waals surface area (Å²) in [6.45, 7) is 0. The lowest BCUT2D eigenvalue weighted by atomic mass is 10.2. The minimum Gasteiger partial charge on any atom is -0.444 e. The maximum Gasteiger partial charge on any atom is 0.338 e. The lowest BCUT2D eigenvalue weighted by molar-refractivity contribution is 0.108. The average molecular weight is 343 g/mol. The molecule has 1 rings (SSSR count). The summed E-state index contributed by atoms with van der Waals surface area (Å²) in [5, 5.41) is -0.861. The van der Waals surface area contributed by atoms with Crippen LogP contribution in [0.2, 0.25) is 10.0 Å². The van der Waals surface area contributed by atoms with Gasteiger partial charge in [-0.3, -0.25) is 4.79 Å². The molecule has 2 nitrogen and oxygen atoms in total. The van der Waals surface area contributed by atoms with Gasteiger partial charge < -0.3 is 4.74 Å². The molecular formula is C8H2Cl6O2.